The number of hydrogen-bond donors (Lipinski definition) is 3. The van der Waals surface area contributed by atoms with Gasteiger partial charge in [0.2, 0.25) is 0 Å². The molecular weight excluding hydrogens is 366 g/mol. The van der Waals surface area contributed by atoms with Crippen LogP contribution < -0.4 is 11.6 Å². The number of ether oxygens (including phenoxy) is 1. The van der Waals surface area contributed by atoms with Crippen LogP contribution in [0.15, 0.2) is 36.2 Å². The zero-order chi connectivity index (χ0) is 20.5. The van der Waals surface area contributed by atoms with Crippen molar-refractivity contribution in [2.45, 2.75) is 32.9 Å². The summed E-state index contributed by atoms with van der Waals surface area (Å²) in [5, 5.41) is 12.3. The monoisotopic (exact) mass is 395 g/mol. The van der Waals surface area contributed by atoms with Gasteiger partial charge in [-0.15, -0.1) is 0 Å². The molecule has 7 heteroatoms. The standard InChI is InChI=1S/C22H29N5O2/c1-14(23)22(26(2)24)17-10-20-21(25-11-17)18-4-3-16(13-28)9-19(18)27(20)12-15-5-7-29-8-6-15/h3-4,9-11,15,28H,5-8,12-13,23-24H2,1-2H3/b22-14-. The van der Waals surface area contributed by atoms with Crippen molar-refractivity contribution in [1.82, 2.24) is 14.6 Å². The smallest absolute Gasteiger partial charge is 0.0960 e. The number of benzene rings is 1. The minimum absolute atomic E-state index is 0.0185. The van der Waals surface area contributed by atoms with E-state index < -0.39 is 0 Å². The fourth-order valence-corrected chi connectivity index (χ4v) is 4.32. The van der Waals surface area contributed by atoms with Gasteiger partial charge in [0.05, 0.1) is 28.9 Å². The summed E-state index contributed by atoms with van der Waals surface area (Å²) in [6.07, 6.45) is 3.93. The molecule has 1 aromatic carbocycles. The molecule has 0 aliphatic carbocycles. The van der Waals surface area contributed by atoms with Gasteiger partial charge < -0.3 is 25.2 Å². The number of aromatic nitrogens is 2. The number of hydrogen-bond acceptors (Lipinski definition) is 6. The van der Waals surface area contributed by atoms with Gasteiger partial charge in [-0.3, -0.25) is 4.98 Å². The molecule has 0 amide bonds. The molecule has 0 unspecified atom stereocenters. The second-order valence-corrected chi connectivity index (χ2v) is 7.91. The molecule has 0 spiro atoms. The fourth-order valence-electron chi connectivity index (χ4n) is 4.32. The molecular formula is C22H29N5O2. The summed E-state index contributed by atoms with van der Waals surface area (Å²) in [6.45, 7) is 4.37. The summed E-state index contributed by atoms with van der Waals surface area (Å²) in [4.78, 5) is 4.78. The van der Waals surface area contributed by atoms with E-state index in [2.05, 4.69) is 22.8 Å². The number of fused-ring (bicyclic) bond motifs is 3. The van der Waals surface area contributed by atoms with Crippen LogP contribution in [0.25, 0.3) is 27.6 Å². The van der Waals surface area contributed by atoms with Gasteiger partial charge in [0, 0.05) is 49.6 Å². The van der Waals surface area contributed by atoms with Gasteiger partial charge in [-0.1, -0.05) is 12.1 Å². The molecule has 1 saturated heterocycles. The average Bonchev–Trinajstić information content (AvgIpc) is 3.01. The highest BCUT2D eigenvalue weighted by Crippen LogP contribution is 2.32. The van der Waals surface area contributed by atoms with E-state index in [9.17, 15) is 5.11 Å². The summed E-state index contributed by atoms with van der Waals surface area (Å²) in [6, 6.07) is 8.20. The van der Waals surface area contributed by atoms with Gasteiger partial charge in [-0.25, -0.2) is 5.84 Å². The molecule has 3 heterocycles. The molecule has 0 atom stereocenters. The van der Waals surface area contributed by atoms with Gasteiger partial charge >= 0.3 is 0 Å². The topological polar surface area (TPSA) is 103 Å². The molecule has 2 aromatic heterocycles. The summed E-state index contributed by atoms with van der Waals surface area (Å²) in [7, 11) is 1.78. The normalized spacial score (nSPS) is 16.4. The summed E-state index contributed by atoms with van der Waals surface area (Å²) in [5.41, 5.74) is 12.4. The van der Waals surface area contributed by atoms with Crippen LogP contribution in [0.4, 0.5) is 0 Å². The molecule has 0 radical (unpaired) electrons. The maximum Gasteiger partial charge on any atom is 0.0960 e. The molecule has 0 bridgehead atoms. The van der Waals surface area contributed by atoms with Crippen LogP contribution in [0, 0.1) is 5.92 Å². The third kappa shape index (κ3) is 3.69. The van der Waals surface area contributed by atoms with Crippen LogP contribution in [-0.4, -0.2) is 39.9 Å². The Kier molecular flexibility index (Phi) is 5.45. The molecule has 1 aliphatic rings. The maximum absolute atomic E-state index is 9.64. The summed E-state index contributed by atoms with van der Waals surface area (Å²) < 4.78 is 7.87. The van der Waals surface area contributed by atoms with Crippen molar-refractivity contribution >= 4 is 27.6 Å². The first-order valence-electron chi connectivity index (χ1n) is 10.0. The van der Waals surface area contributed by atoms with E-state index in [0.29, 0.717) is 11.6 Å². The van der Waals surface area contributed by atoms with E-state index in [1.165, 1.54) is 5.01 Å². The Morgan fingerprint density at radius 1 is 1.28 bits per heavy atom. The average molecular weight is 396 g/mol. The minimum Gasteiger partial charge on any atom is -0.401 e. The first-order valence-corrected chi connectivity index (χ1v) is 10.0. The zero-order valence-electron chi connectivity index (χ0n) is 17.1. The first-order chi connectivity index (χ1) is 14.0. The van der Waals surface area contributed by atoms with Crippen molar-refractivity contribution in [2.24, 2.45) is 17.5 Å². The molecule has 3 aromatic rings. The van der Waals surface area contributed by atoms with Gasteiger partial charge in [-0.2, -0.15) is 0 Å². The van der Waals surface area contributed by atoms with Crippen LogP contribution in [0.3, 0.4) is 0 Å². The lowest BCUT2D eigenvalue weighted by Gasteiger charge is -2.23. The van der Waals surface area contributed by atoms with Crippen LogP contribution in [0.1, 0.15) is 30.9 Å². The maximum atomic E-state index is 9.64. The Hall–Kier alpha value is -2.61. The van der Waals surface area contributed by atoms with Crippen LogP contribution >= 0.6 is 0 Å². The van der Waals surface area contributed by atoms with E-state index in [1.807, 2.05) is 19.2 Å². The van der Waals surface area contributed by atoms with Crippen LogP contribution in [0.2, 0.25) is 0 Å². The first kappa shape index (κ1) is 19.7. The third-order valence-electron chi connectivity index (χ3n) is 5.73. The van der Waals surface area contributed by atoms with Crippen molar-refractivity contribution in [3.8, 4) is 0 Å². The third-order valence-corrected chi connectivity index (χ3v) is 5.73. The summed E-state index contributed by atoms with van der Waals surface area (Å²) >= 11 is 0. The van der Waals surface area contributed by atoms with Crippen molar-refractivity contribution in [3.63, 3.8) is 0 Å². The van der Waals surface area contributed by atoms with Crippen molar-refractivity contribution < 1.29 is 9.84 Å². The fraction of sp³-hybridized carbons (Fsp3) is 0.409. The highest BCUT2D eigenvalue weighted by atomic mass is 16.5. The Bertz CT molecular complexity index is 1060. The van der Waals surface area contributed by atoms with Gasteiger partial charge in [0.25, 0.3) is 0 Å². The van der Waals surface area contributed by atoms with Crippen molar-refractivity contribution in [3.05, 3.63) is 47.3 Å². The highest BCUT2D eigenvalue weighted by Gasteiger charge is 2.20. The molecule has 5 N–H and O–H groups in total. The molecule has 0 saturated carbocycles. The summed E-state index contributed by atoms with van der Waals surface area (Å²) in [5.74, 6) is 6.58. The number of aliphatic hydroxyl groups is 1. The van der Waals surface area contributed by atoms with Crippen LogP contribution in [0.5, 0.6) is 0 Å². The number of nitrogens with two attached hydrogens (primary N) is 2. The molecule has 7 nitrogen and oxygen atoms in total. The SMILES string of the molecule is C/C(N)=C(\c1cnc2c3ccc(CO)cc3n(CC3CCOCC3)c2c1)N(C)N. The molecule has 4 rings (SSSR count). The molecule has 154 valence electrons. The number of rotatable bonds is 5. The Labute approximate surface area is 170 Å². The highest BCUT2D eigenvalue weighted by molar-refractivity contribution is 6.06. The predicted octanol–water partition coefficient (Wildman–Crippen LogP) is 2.56. The van der Waals surface area contributed by atoms with Crippen molar-refractivity contribution in [1.29, 1.82) is 0 Å². The van der Waals surface area contributed by atoms with E-state index in [4.69, 9.17) is 21.3 Å². The second-order valence-electron chi connectivity index (χ2n) is 7.91. The Morgan fingerprint density at radius 3 is 2.69 bits per heavy atom. The van der Waals surface area contributed by atoms with E-state index in [0.717, 1.165) is 71.4 Å². The number of aliphatic hydroxyl groups excluding tert-OH is 1. The second kappa shape index (κ2) is 8.02. The van der Waals surface area contributed by atoms with E-state index >= 15 is 0 Å². The Balaban J connectivity index is 1.93. The predicted molar refractivity (Wildman–Crippen MR) is 115 cm³/mol. The zero-order valence-corrected chi connectivity index (χ0v) is 17.1. The largest absolute Gasteiger partial charge is 0.401 e. The number of pyridine rings is 1. The number of hydrazine groups is 1. The Morgan fingerprint density at radius 2 is 2.03 bits per heavy atom. The molecule has 29 heavy (non-hydrogen) atoms. The lowest BCUT2D eigenvalue weighted by atomic mass is 10.0. The van der Waals surface area contributed by atoms with Crippen LogP contribution in [-0.2, 0) is 17.9 Å². The number of allylic oxidation sites excluding steroid dienone is 1. The molecule has 1 aliphatic heterocycles. The molecule has 1 fully saturated rings. The van der Waals surface area contributed by atoms with E-state index in [-0.39, 0.29) is 6.61 Å². The number of nitrogens with zero attached hydrogens (tertiary/aromatic N) is 3. The van der Waals surface area contributed by atoms with Gasteiger partial charge in [0.15, 0.2) is 0 Å². The van der Waals surface area contributed by atoms with Gasteiger partial charge in [-0.05, 0) is 43.4 Å². The quantitative estimate of drug-likeness (QED) is 0.453. The van der Waals surface area contributed by atoms with Gasteiger partial charge in [0.1, 0.15) is 0 Å². The van der Waals surface area contributed by atoms with Crippen molar-refractivity contribution in [2.75, 3.05) is 20.3 Å². The lowest BCUT2D eigenvalue weighted by molar-refractivity contribution is 0.0619. The van der Waals surface area contributed by atoms with E-state index in [1.54, 1.807) is 7.05 Å². The minimum atomic E-state index is 0.0185. The lowest BCUT2D eigenvalue weighted by Crippen LogP contribution is -2.26.